The summed E-state index contributed by atoms with van der Waals surface area (Å²) < 4.78 is 1.20. The van der Waals surface area contributed by atoms with Crippen molar-refractivity contribution in [3.63, 3.8) is 0 Å². The van der Waals surface area contributed by atoms with Crippen LogP contribution < -0.4 is 5.32 Å². The Bertz CT molecular complexity index is 332. The van der Waals surface area contributed by atoms with E-state index in [2.05, 4.69) is 53.5 Å². The second-order valence-corrected chi connectivity index (χ2v) is 6.66. The first kappa shape index (κ1) is 10.7. The highest BCUT2D eigenvalue weighted by Gasteiger charge is 2.45. The maximum absolute atomic E-state index is 3.66. The van der Waals surface area contributed by atoms with Gasteiger partial charge in [0, 0.05) is 26.8 Å². The Hall–Kier alpha value is 0.140. The predicted octanol–water partition coefficient (Wildman–Crippen LogP) is 3.96. The fourth-order valence-corrected chi connectivity index (χ4v) is 3.15. The van der Waals surface area contributed by atoms with Crippen LogP contribution in [-0.2, 0) is 0 Å². The van der Waals surface area contributed by atoms with Crippen LogP contribution in [0.15, 0.2) is 15.9 Å². The van der Waals surface area contributed by atoms with Gasteiger partial charge in [0.05, 0.1) is 0 Å². The van der Waals surface area contributed by atoms with Gasteiger partial charge in [-0.15, -0.1) is 11.3 Å². The van der Waals surface area contributed by atoms with Gasteiger partial charge in [-0.2, -0.15) is 0 Å². The van der Waals surface area contributed by atoms with E-state index in [1.54, 1.807) is 0 Å². The molecule has 0 spiro atoms. The van der Waals surface area contributed by atoms with Gasteiger partial charge >= 0.3 is 0 Å². The maximum atomic E-state index is 3.66. The van der Waals surface area contributed by atoms with E-state index in [4.69, 9.17) is 0 Å². The fourth-order valence-electron chi connectivity index (χ4n) is 1.69. The molecule has 1 fully saturated rings. The molecule has 0 bridgehead atoms. The molecular weight excluding hydrogens is 258 g/mol. The highest BCUT2D eigenvalue weighted by Crippen LogP contribution is 2.45. The lowest BCUT2D eigenvalue weighted by Gasteiger charge is -2.13. The van der Waals surface area contributed by atoms with Gasteiger partial charge in [-0.3, -0.25) is 0 Å². The SMILES string of the molecule is CC(NC1CC1(C)C)c1cc(Br)cs1. The molecule has 2 unspecified atom stereocenters. The van der Waals surface area contributed by atoms with Gasteiger partial charge in [0.1, 0.15) is 0 Å². The summed E-state index contributed by atoms with van der Waals surface area (Å²) in [5, 5.41) is 5.81. The van der Waals surface area contributed by atoms with Crippen LogP contribution in [-0.4, -0.2) is 6.04 Å². The average Bonchev–Trinajstić information content (AvgIpc) is 2.52. The summed E-state index contributed by atoms with van der Waals surface area (Å²) in [5.41, 5.74) is 0.517. The van der Waals surface area contributed by atoms with Crippen LogP contribution >= 0.6 is 27.3 Å². The molecule has 0 saturated heterocycles. The molecule has 0 radical (unpaired) electrons. The largest absolute Gasteiger partial charge is 0.306 e. The van der Waals surface area contributed by atoms with Gasteiger partial charge in [0.2, 0.25) is 0 Å². The standard InChI is InChI=1S/C11H16BrNS/c1-7(9-4-8(12)6-14-9)13-10-5-11(10,2)3/h4,6-7,10,13H,5H2,1-3H3. The van der Waals surface area contributed by atoms with Gasteiger partial charge in [-0.25, -0.2) is 0 Å². The molecule has 1 nitrogen and oxygen atoms in total. The number of rotatable bonds is 3. The number of hydrogen-bond donors (Lipinski definition) is 1. The molecule has 0 aliphatic heterocycles. The highest BCUT2D eigenvalue weighted by atomic mass is 79.9. The van der Waals surface area contributed by atoms with Gasteiger partial charge < -0.3 is 5.32 Å². The van der Waals surface area contributed by atoms with Crippen molar-refractivity contribution >= 4 is 27.3 Å². The first-order chi connectivity index (χ1) is 6.49. The first-order valence-electron chi connectivity index (χ1n) is 4.99. The Morgan fingerprint density at radius 1 is 1.64 bits per heavy atom. The highest BCUT2D eigenvalue weighted by molar-refractivity contribution is 9.10. The molecule has 1 aliphatic carbocycles. The summed E-state index contributed by atoms with van der Waals surface area (Å²) in [7, 11) is 0. The topological polar surface area (TPSA) is 12.0 Å². The van der Waals surface area contributed by atoms with E-state index >= 15 is 0 Å². The monoisotopic (exact) mass is 273 g/mol. The van der Waals surface area contributed by atoms with Gasteiger partial charge in [-0.05, 0) is 40.8 Å². The molecule has 1 aliphatic rings. The second-order valence-electron chi connectivity index (χ2n) is 4.80. The molecule has 1 heterocycles. The van der Waals surface area contributed by atoms with Gasteiger partial charge in [-0.1, -0.05) is 13.8 Å². The van der Waals surface area contributed by atoms with Gasteiger partial charge in [0.15, 0.2) is 0 Å². The molecule has 2 atom stereocenters. The normalized spacial score (nSPS) is 26.1. The maximum Gasteiger partial charge on any atom is 0.0388 e. The molecule has 3 heteroatoms. The van der Waals surface area contributed by atoms with Crippen molar-refractivity contribution in [2.75, 3.05) is 0 Å². The molecule has 1 saturated carbocycles. The molecule has 78 valence electrons. The van der Waals surface area contributed by atoms with Crippen molar-refractivity contribution in [1.29, 1.82) is 0 Å². The Morgan fingerprint density at radius 3 is 2.71 bits per heavy atom. The van der Waals surface area contributed by atoms with E-state index in [9.17, 15) is 0 Å². The number of thiophene rings is 1. The van der Waals surface area contributed by atoms with Crippen LogP contribution in [0.4, 0.5) is 0 Å². The van der Waals surface area contributed by atoms with E-state index in [1.807, 2.05) is 11.3 Å². The molecule has 1 N–H and O–H groups in total. The van der Waals surface area contributed by atoms with Crippen molar-refractivity contribution < 1.29 is 0 Å². The lowest BCUT2D eigenvalue weighted by atomic mass is 10.2. The second kappa shape index (κ2) is 3.62. The van der Waals surface area contributed by atoms with Crippen LogP contribution in [0.5, 0.6) is 0 Å². The lowest BCUT2D eigenvalue weighted by molar-refractivity contribution is 0.496. The zero-order chi connectivity index (χ0) is 10.3. The molecule has 0 amide bonds. The minimum absolute atomic E-state index is 0.484. The lowest BCUT2D eigenvalue weighted by Crippen LogP contribution is -2.23. The number of nitrogens with one attached hydrogen (secondary N) is 1. The molecular formula is C11H16BrNS. The van der Waals surface area contributed by atoms with Crippen LogP contribution in [0.2, 0.25) is 0 Å². The summed E-state index contributed by atoms with van der Waals surface area (Å²) in [6.45, 7) is 6.89. The molecule has 1 aromatic heterocycles. The predicted molar refractivity (Wildman–Crippen MR) is 65.8 cm³/mol. The van der Waals surface area contributed by atoms with Gasteiger partial charge in [0.25, 0.3) is 0 Å². The summed E-state index contributed by atoms with van der Waals surface area (Å²) in [6.07, 6.45) is 1.31. The first-order valence-corrected chi connectivity index (χ1v) is 6.66. The molecule has 14 heavy (non-hydrogen) atoms. The minimum Gasteiger partial charge on any atom is -0.306 e. The molecule has 1 aromatic rings. The summed E-state index contributed by atoms with van der Waals surface area (Å²) in [6, 6.07) is 3.40. The van der Waals surface area contributed by atoms with E-state index in [1.165, 1.54) is 15.8 Å². The summed E-state index contributed by atoms with van der Waals surface area (Å²) >= 11 is 5.31. The Balaban J connectivity index is 1.94. The van der Waals surface area contributed by atoms with Crippen LogP contribution in [0.1, 0.15) is 38.1 Å². The third-order valence-electron chi connectivity index (χ3n) is 2.98. The summed E-state index contributed by atoms with van der Waals surface area (Å²) in [4.78, 5) is 1.42. The quantitative estimate of drug-likeness (QED) is 0.879. The third kappa shape index (κ3) is 2.20. The zero-order valence-corrected chi connectivity index (χ0v) is 11.2. The van der Waals surface area contributed by atoms with Crippen molar-refractivity contribution in [2.24, 2.45) is 5.41 Å². The van der Waals surface area contributed by atoms with Crippen molar-refractivity contribution in [3.8, 4) is 0 Å². The van der Waals surface area contributed by atoms with Crippen LogP contribution in [0.25, 0.3) is 0 Å². The fraction of sp³-hybridized carbons (Fsp3) is 0.636. The van der Waals surface area contributed by atoms with E-state index in [-0.39, 0.29) is 0 Å². The summed E-state index contributed by atoms with van der Waals surface area (Å²) in [5.74, 6) is 0. The molecule has 2 rings (SSSR count). The zero-order valence-electron chi connectivity index (χ0n) is 8.80. The van der Waals surface area contributed by atoms with Crippen LogP contribution in [0, 0.1) is 5.41 Å². The van der Waals surface area contributed by atoms with Crippen molar-refractivity contribution in [1.82, 2.24) is 5.32 Å². The van der Waals surface area contributed by atoms with E-state index < -0.39 is 0 Å². The molecule has 0 aromatic carbocycles. The van der Waals surface area contributed by atoms with Crippen LogP contribution in [0.3, 0.4) is 0 Å². The van der Waals surface area contributed by atoms with Crippen molar-refractivity contribution in [3.05, 3.63) is 20.8 Å². The van der Waals surface area contributed by atoms with Crippen molar-refractivity contribution in [2.45, 2.75) is 39.3 Å². The smallest absolute Gasteiger partial charge is 0.0388 e. The third-order valence-corrected chi connectivity index (χ3v) is 4.86. The number of hydrogen-bond acceptors (Lipinski definition) is 2. The number of halogens is 1. The van der Waals surface area contributed by atoms with E-state index in [0.29, 0.717) is 17.5 Å². The Labute approximate surface area is 98.0 Å². The minimum atomic E-state index is 0.484. The van der Waals surface area contributed by atoms with E-state index in [0.717, 1.165) is 0 Å². The Morgan fingerprint density at radius 2 is 2.29 bits per heavy atom. The average molecular weight is 274 g/mol. The Kier molecular flexibility index (Phi) is 2.75.